The van der Waals surface area contributed by atoms with Crippen LogP contribution in [-0.2, 0) is 0 Å². The Labute approximate surface area is 96.3 Å². The summed E-state index contributed by atoms with van der Waals surface area (Å²) in [5.41, 5.74) is -0.382. The van der Waals surface area contributed by atoms with Crippen molar-refractivity contribution in [2.24, 2.45) is 5.92 Å². The van der Waals surface area contributed by atoms with E-state index in [1.807, 2.05) is 0 Å². The molecule has 0 saturated heterocycles. The molecule has 0 fully saturated rings. The summed E-state index contributed by atoms with van der Waals surface area (Å²) in [4.78, 5) is 0. The smallest absolute Gasteiger partial charge is 0.0675 e. The van der Waals surface area contributed by atoms with Gasteiger partial charge in [-0.25, -0.2) is 0 Å². The molecule has 0 bridgehead atoms. The third kappa shape index (κ3) is 5.01. The molecule has 15 heavy (non-hydrogen) atoms. The number of rotatable bonds is 9. The SMILES string of the molecule is CCCC[C@H](CC)C(O)(CCC)CCC. The Hall–Kier alpha value is -0.0400. The Bertz CT molecular complexity index is 136. The van der Waals surface area contributed by atoms with Crippen LogP contribution in [0.15, 0.2) is 0 Å². The van der Waals surface area contributed by atoms with Gasteiger partial charge in [-0.15, -0.1) is 0 Å². The maximum atomic E-state index is 10.7. The highest BCUT2D eigenvalue weighted by atomic mass is 16.3. The van der Waals surface area contributed by atoms with E-state index in [4.69, 9.17) is 0 Å². The molecule has 0 aromatic carbocycles. The first-order valence-corrected chi connectivity index (χ1v) is 6.86. The molecule has 0 heterocycles. The second kappa shape index (κ2) is 8.15. The summed E-state index contributed by atoms with van der Waals surface area (Å²) in [5.74, 6) is 0.511. The van der Waals surface area contributed by atoms with E-state index in [0.717, 1.165) is 32.1 Å². The maximum absolute atomic E-state index is 10.7. The van der Waals surface area contributed by atoms with E-state index in [1.54, 1.807) is 0 Å². The zero-order chi connectivity index (χ0) is 11.7. The molecule has 1 N–H and O–H groups in total. The van der Waals surface area contributed by atoms with Crippen molar-refractivity contribution < 1.29 is 5.11 Å². The fourth-order valence-electron chi connectivity index (χ4n) is 2.70. The van der Waals surface area contributed by atoms with Gasteiger partial charge in [-0.3, -0.25) is 0 Å². The first-order chi connectivity index (χ1) is 7.14. The van der Waals surface area contributed by atoms with Gasteiger partial charge in [0.2, 0.25) is 0 Å². The van der Waals surface area contributed by atoms with Crippen LogP contribution in [0.5, 0.6) is 0 Å². The summed E-state index contributed by atoms with van der Waals surface area (Å²) >= 11 is 0. The predicted molar refractivity (Wildman–Crippen MR) is 68.1 cm³/mol. The lowest BCUT2D eigenvalue weighted by Crippen LogP contribution is -2.37. The van der Waals surface area contributed by atoms with Gasteiger partial charge in [0.25, 0.3) is 0 Å². The van der Waals surface area contributed by atoms with Crippen LogP contribution >= 0.6 is 0 Å². The summed E-state index contributed by atoms with van der Waals surface area (Å²) in [5, 5.41) is 10.7. The van der Waals surface area contributed by atoms with Crippen molar-refractivity contribution in [2.75, 3.05) is 0 Å². The lowest BCUT2D eigenvalue weighted by atomic mass is 9.76. The Morgan fingerprint density at radius 2 is 1.47 bits per heavy atom. The van der Waals surface area contributed by atoms with Gasteiger partial charge in [0.15, 0.2) is 0 Å². The van der Waals surface area contributed by atoms with Crippen molar-refractivity contribution in [3.63, 3.8) is 0 Å². The van der Waals surface area contributed by atoms with E-state index in [0.29, 0.717) is 5.92 Å². The highest BCUT2D eigenvalue weighted by Crippen LogP contribution is 2.34. The molecule has 0 spiro atoms. The molecule has 0 unspecified atom stereocenters. The maximum Gasteiger partial charge on any atom is 0.0675 e. The Kier molecular flexibility index (Phi) is 8.13. The second-order valence-electron chi connectivity index (χ2n) is 4.85. The summed E-state index contributed by atoms with van der Waals surface area (Å²) in [6, 6.07) is 0. The van der Waals surface area contributed by atoms with Crippen LogP contribution in [0.3, 0.4) is 0 Å². The first-order valence-electron chi connectivity index (χ1n) is 6.86. The first kappa shape index (κ1) is 15.0. The van der Waals surface area contributed by atoms with E-state index in [-0.39, 0.29) is 5.60 Å². The molecular weight excluding hydrogens is 184 g/mol. The minimum Gasteiger partial charge on any atom is -0.390 e. The molecule has 0 aliphatic carbocycles. The van der Waals surface area contributed by atoms with Crippen LogP contribution in [0, 0.1) is 5.92 Å². The molecule has 0 saturated carbocycles. The van der Waals surface area contributed by atoms with Gasteiger partial charge in [-0.2, -0.15) is 0 Å². The molecule has 0 aliphatic rings. The van der Waals surface area contributed by atoms with Gasteiger partial charge in [0, 0.05) is 0 Å². The van der Waals surface area contributed by atoms with Crippen molar-refractivity contribution >= 4 is 0 Å². The molecule has 0 aromatic heterocycles. The standard InChI is InChI=1S/C14H30O/c1-5-9-10-13(8-4)14(15,11-6-2)12-7-3/h13,15H,5-12H2,1-4H3/t13-/m0/s1. The highest BCUT2D eigenvalue weighted by Gasteiger charge is 2.32. The van der Waals surface area contributed by atoms with Crippen molar-refractivity contribution in [1.82, 2.24) is 0 Å². The number of aliphatic hydroxyl groups is 1. The Balaban J connectivity index is 4.37. The molecule has 0 amide bonds. The van der Waals surface area contributed by atoms with Crippen LogP contribution in [0.4, 0.5) is 0 Å². The fraction of sp³-hybridized carbons (Fsp3) is 1.00. The number of hydrogen-bond acceptors (Lipinski definition) is 1. The van der Waals surface area contributed by atoms with Gasteiger partial charge in [-0.1, -0.05) is 59.8 Å². The zero-order valence-electron chi connectivity index (χ0n) is 11.2. The van der Waals surface area contributed by atoms with Crippen LogP contribution < -0.4 is 0 Å². The van der Waals surface area contributed by atoms with E-state index >= 15 is 0 Å². The third-order valence-corrected chi connectivity index (χ3v) is 3.52. The fourth-order valence-corrected chi connectivity index (χ4v) is 2.70. The Morgan fingerprint density at radius 1 is 0.933 bits per heavy atom. The molecule has 0 rings (SSSR count). The normalized spacial score (nSPS) is 14.2. The summed E-state index contributed by atoms with van der Waals surface area (Å²) < 4.78 is 0. The lowest BCUT2D eigenvalue weighted by molar-refractivity contribution is -0.0403. The lowest BCUT2D eigenvalue weighted by Gasteiger charge is -2.36. The van der Waals surface area contributed by atoms with Gasteiger partial charge in [0.05, 0.1) is 5.60 Å². The van der Waals surface area contributed by atoms with Crippen molar-refractivity contribution in [2.45, 2.75) is 84.7 Å². The largest absolute Gasteiger partial charge is 0.390 e. The van der Waals surface area contributed by atoms with E-state index in [9.17, 15) is 5.11 Å². The van der Waals surface area contributed by atoms with Gasteiger partial charge in [-0.05, 0) is 25.2 Å². The molecular formula is C14H30O. The topological polar surface area (TPSA) is 20.2 Å². The van der Waals surface area contributed by atoms with Gasteiger partial charge >= 0.3 is 0 Å². The molecule has 0 aliphatic heterocycles. The van der Waals surface area contributed by atoms with Crippen molar-refractivity contribution in [3.8, 4) is 0 Å². The van der Waals surface area contributed by atoms with Crippen LogP contribution in [-0.4, -0.2) is 10.7 Å². The van der Waals surface area contributed by atoms with Crippen LogP contribution in [0.2, 0.25) is 0 Å². The summed E-state index contributed by atoms with van der Waals surface area (Å²) in [7, 11) is 0. The molecule has 0 radical (unpaired) electrons. The monoisotopic (exact) mass is 214 g/mol. The zero-order valence-corrected chi connectivity index (χ0v) is 11.2. The third-order valence-electron chi connectivity index (χ3n) is 3.52. The van der Waals surface area contributed by atoms with Crippen molar-refractivity contribution in [1.29, 1.82) is 0 Å². The predicted octanol–water partition coefficient (Wildman–Crippen LogP) is 4.53. The average Bonchev–Trinajstić information content (AvgIpc) is 2.19. The summed E-state index contributed by atoms with van der Waals surface area (Å²) in [6.45, 7) is 8.79. The average molecular weight is 214 g/mol. The minimum atomic E-state index is -0.382. The second-order valence-corrected chi connectivity index (χ2v) is 4.85. The van der Waals surface area contributed by atoms with Crippen LogP contribution in [0.1, 0.15) is 79.1 Å². The van der Waals surface area contributed by atoms with E-state index in [1.165, 1.54) is 19.3 Å². The minimum absolute atomic E-state index is 0.382. The highest BCUT2D eigenvalue weighted by molar-refractivity contribution is 4.85. The number of hydrogen-bond donors (Lipinski definition) is 1. The quantitative estimate of drug-likeness (QED) is 0.597. The summed E-state index contributed by atoms with van der Waals surface area (Å²) in [6.07, 6.45) is 8.96. The van der Waals surface area contributed by atoms with E-state index in [2.05, 4.69) is 27.7 Å². The number of unbranched alkanes of at least 4 members (excludes halogenated alkanes) is 1. The van der Waals surface area contributed by atoms with Crippen molar-refractivity contribution in [3.05, 3.63) is 0 Å². The molecule has 1 heteroatoms. The van der Waals surface area contributed by atoms with Gasteiger partial charge < -0.3 is 5.11 Å². The van der Waals surface area contributed by atoms with Gasteiger partial charge in [0.1, 0.15) is 0 Å². The molecule has 1 atom stereocenters. The molecule has 92 valence electrons. The van der Waals surface area contributed by atoms with E-state index < -0.39 is 0 Å². The molecule has 1 nitrogen and oxygen atoms in total. The Morgan fingerprint density at radius 3 is 1.80 bits per heavy atom. The van der Waals surface area contributed by atoms with Crippen LogP contribution in [0.25, 0.3) is 0 Å². The molecule has 0 aromatic rings.